The van der Waals surface area contributed by atoms with Crippen molar-refractivity contribution in [1.82, 2.24) is 4.90 Å². The highest BCUT2D eigenvalue weighted by atomic mass is 16.5. The van der Waals surface area contributed by atoms with Gasteiger partial charge in [-0.05, 0) is 29.8 Å². The van der Waals surface area contributed by atoms with Gasteiger partial charge in [-0.25, -0.2) is 0 Å². The molecule has 4 nitrogen and oxygen atoms in total. The van der Waals surface area contributed by atoms with Crippen LogP contribution in [0.1, 0.15) is 21.5 Å². The average molecular weight is 269 g/mol. The van der Waals surface area contributed by atoms with Gasteiger partial charge in [0, 0.05) is 17.7 Å². The lowest BCUT2D eigenvalue weighted by molar-refractivity contribution is 0.0766. The van der Waals surface area contributed by atoms with E-state index in [9.17, 15) is 9.90 Å². The first kappa shape index (κ1) is 12.5. The molecule has 0 atom stereocenters. The third kappa shape index (κ3) is 2.09. The number of aromatic hydroxyl groups is 1. The van der Waals surface area contributed by atoms with E-state index < -0.39 is 0 Å². The Morgan fingerprint density at radius 1 is 1.20 bits per heavy atom. The molecule has 0 unspecified atom stereocenters. The molecule has 1 amide bonds. The van der Waals surface area contributed by atoms with Gasteiger partial charge in [-0.3, -0.25) is 4.79 Å². The monoisotopic (exact) mass is 269 g/mol. The van der Waals surface area contributed by atoms with Gasteiger partial charge in [-0.1, -0.05) is 18.2 Å². The van der Waals surface area contributed by atoms with Gasteiger partial charge in [-0.2, -0.15) is 0 Å². The number of hydrogen-bond donors (Lipinski definition) is 1. The second-order valence-corrected chi connectivity index (χ2v) is 4.81. The van der Waals surface area contributed by atoms with Gasteiger partial charge in [0.25, 0.3) is 5.91 Å². The Labute approximate surface area is 117 Å². The summed E-state index contributed by atoms with van der Waals surface area (Å²) in [6, 6.07) is 12.7. The Balaban J connectivity index is 1.80. The fourth-order valence-electron chi connectivity index (χ4n) is 2.45. The number of carbonyl (C=O) groups is 1. The number of amides is 1. The maximum atomic E-state index is 12.3. The predicted octanol–water partition coefficient (Wildman–Crippen LogP) is 2.56. The third-order valence-electron chi connectivity index (χ3n) is 3.55. The zero-order valence-electron chi connectivity index (χ0n) is 11.2. The van der Waals surface area contributed by atoms with Gasteiger partial charge in [0.2, 0.25) is 0 Å². The van der Waals surface area contributed by atoms with Gasteiger partial charge >= 0.3 is 0 Å². The number of phenolic OH excluding ortho intramolecular Hbond substituents is 1. The summed E-state index contributed by atoms with van der Waals surface area (Å²) in [6.45, 7) is 0.976. The highest BCUT2D eigenvalue weighted by molar-refractivity contribution is 5.99. The largest absolute Gasteiger partial charge is 0.508 e. The van der Waals surface area contributed by atoms with Gasteiger partial charge in [0.15, 0.2) is 0 Å². The van der Waals surface area contributed by atoms with Crippen LogP contribution >= 0.6 is 0 Å². The molecule has 0 aromatic heterocycles. The van der Waals surface area contributed by atoms with E-state index in [-0.39, 0.29) is 11.7 Å². The zero-order valence-corrected chi connectivity index (χ0v) is 11.2. The third-order valence-corrected chi connectivity index (χ3v) is 3.55. The SMILES string of the molecule is COc1ccc(CN2Cc3c(O)cccc3C2=O)cc1. The van der Waals surface area contributed by atoms with Crippen LogP contribution in [0.3, 0.4) is 0 Å². The second-order valence-electron chi connectivity index (χ2n) is 4.81. The lowest BCUT2D eigenvalue weighted by Crippen LogP contribution is -2.23. The van der Waals surface area contributed by atoms with E-state index in [1.54, 1.807) is 30.2 Å². The maximum Gasteiger partial charge on any atom is 0.254 e. The van der Waals surface area contributed by atoms with Crippen LogP contribution in [0.2, 0.25) is 0 Å². The number of hydrogen-bond acceptors (Lipinski definition) is 3. The summed E-state index contributed by atoms with van der Waals surface area (Å²) in [5.74, 6) is 0.947. The van der Waals surface area contributed by atoms with E-state index >= 15 is 0 Å². The molecule has 2 aromatic carbocycles. The lowest BCUT2D eigenvalue weighted by Gasteiger charge is -2.15. The van der Waals surface area contributed by atoms with Crippen LogP contribution in [-0.2, 0) is 13.1 Å². The summed E-state index contributed by atoms with van der Waals surface area (Å²) in [7, 11) is 1.62. The van der Waals surface area contributed by atoms with Crippen LogP contribution in [0.5, 0.6) is 11.5 Å². The molecule has 2 aromatic rings. The van der Waals surface area contributed by atoms with Gasteiger partial charge in [0.05, 0.1) is 13.7 Å². The van der Waals surface area contributed by atoms with Crippen molar-refractivity contribution < 1.29 is 14.6 Å². The second kappa shape index (κ2) is 4.89. The Kier molecular flexibility index (Phi) is 3.06. The summed E-state index contributed by atoms with van der Waals surface area (Å²) in [5.41, 5.74) is 2.34. The minimum absolute atomic E-state index is 0.0354. The minimum atomic E-state index is -0.0354. The number of phenols is 1. The van der Waals surface area contributed by atoms with E-state index in [0.717, 1.165) is 11.3 Å². The number of rotatable bonds is 3. The molecule has 0 bridgehead atoms. The summed E-state index contributed by atoms with van der Waals surface area (Å²) in [4.78, 5) is 14.0. The quantitative estimate of drug-likeness (QED) is 0.931. The Hall–Kier alpha value is -2.49. The molecule has 4 heteroatoms. The standard InChI is InChI=1S/C16H15NO3/c1-20-12-7-5-11(6-8-12)9-17-10-14-13(16(17)19)3-2-4-15(14)18/h2-8,18H,9-10H2,1H3. The van der Waals surface area contributed by atoms with Crippen molar-refractivity contribution in [2.24, 2.45) is 0 Å². The van der Waals surface area contributed by atoms with Crippen molar-refractivity contribution in [3.8, 4) is 11.5 Å². The number of carbonyl (C=O) groups excluding carboxylic acids is 1. The first-order chi connectivity index (χ1) is 9.69. The molecule has 0 radical (unpaired) electrons. The number of methoxy groups -OCH3 is 1. The van der Waals surface area contributed by atoms with E-state index in [4.69, 9.17) is 4.74 Å². The number of benzene rings is 2. The topological polar surface area (TPSA) is 49.8 Å². The summed E-state index contributed by atoms with van der Waals surface area (Å²) >= 11 is 0. The first-order valence-corrected chi connectivity index (χ1v) is 6.42. The predicted molar refractivity (Wildman–Crippen MR) is 74.7 cm³/mol. The smallest absolute Gasteiger partial charge is 0.254 e. The van der Waals surface area contributed by atoms with Gasteiger partial charge in [0.1, 0.15) is 11.5 Å². The highest BCUT2D eigenvalue weighted by Crippen LogP contribution is 2.30. The van der Waals surface area contributed by atoms with E-state index in [1.165, 1.54) is 0 Å². The summed E-state index contributed by atoms with van der Waals surface area (Å²) < 4.78 is 5.11. The highest BCUT2D eigenvalue weighted by Gasteiger charge is 2.29. The van der Waals surface area contributed by atoms with Crippen LogP contribution in [0.15, 0.2) is 42.5 Å². The molecule has 0 aliphatic carbocycles. The van der Waals surface area contributed by atoms with Gasteiger partial charge in [-0.15, -0.1) is 0 Å². The van der Waals surface area contributed by atoms with Crippen molar-refractivity contribution in [2.75, 3.05) is 7.11 Å². The number of fused-ring (bicyclic) bond motifs is 1. The van der Waals surface area contributed by atoms with Crippen LogP contribution in [0, 0.1) is 0 Å². The van der Waals surface area contributed by atoms with Crippen LogP contribution in [0.25, 0.3) is 0 Å². The molecule has 0 saturated heterocycles. The fraction of sp³-hybridized carbons (Fsp3) is 0.188. The molecule has 3 rings (SSSR count). The van der Waals surface area contributed by atoms with Crippen molar-refractivity contribution in [2.45, 2.75) is 13.1 Å². The molecule has 0 spiro atoms. The first-order valence-electron chi connectivity index (χ1n) is 6.42. The minimum Gasteiger partial charge on any atom is -0.508 e. The fourth-order valence-corrected chi connectivity index (χ4v) is 2.45. The number of nitrogens with zero attached hydrogens (tertiary/aromatic N) is 1. The molecule has 1 N–H and O–H groups in total. The van der Waals surface area contributed by atoms with Crippen molar-refractivity contribution in [3.63, 3.8) is 0 Å². The Bertz CT molecular complexity index is 649. The molecule has 1 heterocycles. The van der Waals surface area contributed by atoms with E-state index in [0.29, 0.717) is 24.2 Å². The van der Waals surface area contributed by atoms with Crippen LogP contribution in [0.4, 0.5) is 0 Å². The van der Waals surface area contributed by atoms with Gasteiger partial charge < -0.3 is 14.7 Å². The average Bonchev–Trinajstić information content (AvgIpc) is 2.79. The molecule has 102 valence electrons. The lowest BCUT2D eigenvalue weighted by atomic mass is 10.1. The van der Waals surface area contributed by atoms with Crippen LogP contribution < -0.4 is 4.74 Å². The molecule has 0 saturated carbocycles. The van der Waals surface area contributed by atoms with Crippen molar-refractivity contribution in [3.05, 3.63) is 59.2 Å². The van der Waals surface area contributed by atoms with E-state index in [2.05, 4.69) is 0 Å². The summed E-state index contributed by atoms with van der Waals surface area (Å²) in [5, 5.41) is 9.81. The van der Waals surface area contributed by atoms with Crippen LogP contribution in [-0.4, -0.2) is 23.0 Å². The maximum absolute atomic E-state index is 12.3. The number of ether oxygens (including phenoxy) is 1. The molecule has 1 aliphatic heterocycles. The Morgan fingerprint density at radius 3 is 2.60 bits per heavy atom. The van der Waals surface area contributed by atoms with Crippen molar-refractivity contribution in [1.29, 1.82) is 0 Å². The zero-order chi connectivity index (χ0) is 14.1. The summed E-state index contributed by atoms with van der Waals surface area (Å²) in [6.07, 6.45) is 0. The molecule has 1 aliphatic rings. The van der Waals surface area contributed by atoms with E-state index in [1.807, 2.05) is 24.3 Å². The van der Waals surface area contributed by atoms with Crippen molar-refractivity contribution >= 4 is 5.91 Å². The normalized spacial score (nSPS) is 13.4. The Morgan fingerprint density at radius 2 is 1.95 bits per heavy atom. The molecule has 20 heavy (non-hydrogen) atoms. The molecular formula is C16H15NO3. The molecule has 0 fully saturated rings. The molecular weight excluding hydrogens is 254 g/mol.